The first kappa shape index (κ1) is 16.7. The quantitative estimate of drug-likeness (QED) is 0.713. The Morgan fingerprint density at radius 2 is 1.83 bits per heavy atom. The molecule has 5 heteroatoms. The number of carbonyl (C=O) groups excluding carboxylic acids is 1. The smallest absolute Gasteiger partial charge is 0.264 e. The summed E-state index contributed by atoms with van der Waals surface area (Å²) in [4.78, 5) is 17.3. The average molecular weight is 399 g/mol. The van der Waals surface area contributed by atoms with E-state index in [1.165, 1.54) is 11.8 Å². The summed E-state index contributed by atoms with van der Waals surface area (Å²) >= 11 is 4.81. The summed E-state index contributed by atoms with van der Waals surface area (Å²) in [5.41, 5.74) is 2.91. The van der Waals surface area contributed by atoms with E-state index in [4.69, 9.17) is 0 Å². The van der Waals surface area contributed by atoms with E-state index in [2.05, 4.69) is 26.2 Å². The third kappa shape index (κ3) is 4.24. The van der Waals surface area contributed by atoms with Crippen LogP contribution in [-0.4, -0.2) is 11.1 Å². The Bertz CT molecular complexity index is 857. The zero-order valence-corrected chi connectivity index (χ0v) is 15.4. The van der Waals surface area contributed by atoms with Crippen LogP contribution in [0.4, 0.5) is 5.69 Å². The van der Waals surface area contributed by atoms with Gasteiger partial charge in [-0.3, -0.25) is 4.79 Å². The van der Waals surface area contributed by atoms with Crippen molar-refractivity contribution in [1.82, 2.24) is 5.32 Å². The lowest BCUT2D eigenvalue weighted by atomic mass is 10.1. The number of halogens is 1. The number of amides is 1. The Kier molecular flexibility index (Phi) is 5.33. The molecular weight excluding hydrogens is 384 g/mol. The minimum absolute atomic E-state index is 0.119. The van der Waals surface area contributed by atoms with Crippen molar-refractivity contribution < 1.29 is 4.79 Å². The second-order valence-corrected chi connectivity index (χ2v) is 7.12. The number of carbonyl (C=O) groups is 1. The van der Waals surface area contributed by atoms with Crippen LogP contribution < -0.4 is 5.32 Å². The Morgan fingerprint density at radius 1 is 1.12 bits per heavy atom. The van der Waals surface area contributed by atoms with Crippen molar-refractivity contribution in [3.8, 4) is 0 Å². The summed E-state index contributed by atoms with van der Waals surface area (Å²) in [7, 11) is 0. The molecule has 0 aliphatic carbocycles. The maximum Gasteiger partial charge on any atom is 0.264 e. The Morgan fingerprint density at radius 3 is 2.58 bits per heavy atom. The van der Waals surface area contributed by atoms with Gasteiger partial charge in [0.05, 0.1) is 10.6 Å². The van der Waals surface area contributed by atoms with E-state index in [0.29, 0.717) is 10.1 Å². The Hall–Kier alpha value is -2.11. The van der Waals surface area contributed by atoms with Gasteiger partial charge in [0.15, 0.2) is 5.17 Å². The van der Waals surface area contributed by atoms with E-state index in [1.54, 1.807) is 0 Å². The molecule has 0 atom stereocenters. The molecule has 1 N–H and O–H groups in total. The number of amidine groups is 1. The SMILES string of the molecule is CC(=C\c1ccccc1)/C=C1/SC(=Nc2ccccc2Br)NC1=O. The van der Waals surface area contributed by atoms with E-state index in [-0.39, 0.29) is 5.91 Å². The standard InChI is InChI=1S/C19H15BrN2OS/c1-13(11-14-7-3-2-4-8-14)12-17-18(23)22-19(24-17)21-16-10-6-5-9-15(16)20/h2-12H,1H3,(H,21,22,23)/b13-11+,17-12+. The van der Waals surface area contributed by atoms with E-state index in [9.17, 15) is 4.79 Å². The number of nitrogens with zero attached hydrogens (tertiary/aromatic N) is 1. The van der Waals surface area contributed by atoms with Crippen molar-refractivity contribution in [2.75, 3.05) is 0 Å². The summed E-state index contributed by atoms with van der Waals surface area (Å²) < 4.78 is 0.893. The van der Waals surface area contributed by atoms with Crippen LogP contribution in [0.2, 0.25) is 0 Å². The van der Waals surface area contributed by atoms with Gasteiger partial charge in [0, 0.05) is 4.47 Å². The highest BCUT2D eigenvalue weighted by molar-refractivity contribution is 9.10. The van der Waals surface area contributed by atoms with E-state index in [1.807, 2.05) is 73.7 Å². The lowest BCUT2D eigenvalue weighted by molar-refractivity contribution is -0.115. The van der Waals surface area contributed by atoms with Gasteiger partial charge in [-0.1, -0.05) is 48.5 Å². The molecule has 2 aromatic rings. The molecule has 1 fully saturated rings. The van der Waals surface area contributed by atoms with Crippen molar-refractivity contribution in [2.24, 2.45) is 4.99 Å². The highest BCUT2D eigenvalue weighted by Gasteiger charge is 2.23. The number of allylic oxidation sites excluding steroid dienone is 2. The fourth-order valence-corrected chi connectivity index (χ4v) is 3.45. The van der Waals surface area contributed by atoms with Gasteiger partial charge in [-0.15, -0.1) is 0 Å². The van der Waals surface area contributed by atoms with Crippen LogP contribution >= 0.6 is 27.7 Å². The predicted octanol–water partition coefficient (Wildman–Crippen LogP) is 5.29. The first-order valence-corrected chi connectivity index (χ1v) is 9.00. The number of hydrogen-bond donors (Lipinski definition) is 1. The normalized spacial score (nSPS) is 18.2. The molecule has 0 saturated carbocycles. The third-order valence-electron chi connectivity index (χ3n) is 3.28. The van der Waals surface area contributed by atoms with Crippen molar-refractivity contribution in [3.05, 3.63) is 81.2 Å². The van der Waals surface area contributed by atoms with Crippen LogP contribution in [0.3, 0.4) is 0 Å². The minimum atomic E-state index is -0.119. The predicted molar refractivity (Wildman–Crippen MR) is 105 cm³/mol. The molecule has 1 aliphatic rings. The van der Waals surface area contributed by atoms with Crippen molar-refractivity contribution >= 4 is 50.5 Å². The first-order valence-electron chi connectivity index (χ1n) is 7.39. The van der Waals surface area contributed by atoms with Gasteiger partial charge in [-0.25, -0.2) is 4.99 Å². The lowest BCUT2D eigenvalue weighted by Crippen LogP contribution is -2.19. The molecule has 1 heterocycles. The van der Waals surface area contributed by atoms with Crippen LogP contribution in [-0.2, 0) is 4.79 Å². The van der Waals surface area contributed by atoms with Crippen LogP contribution in [0, 0.1) is 0 Å². The highest BCUT2D eigenvalue weighted by atomic mass is 79.9. The maximum atomic E-state index is 12.1. The van der Waals surface area contributed by atoms with Gasteiger partial charge in [0.1, 0.15) is 0 Å². The molecular formula is C19H15BrN2OS. The fourth-order valence-electron chi connectivity index (χ4n) is 2.19. The number of hydrogen-bond acceptors (Lipinski definition) is 3. The number of aliphatic imine (C=N–C) groups is 1. The molecule has 0 radical (unpaired) electrons. The number of thioether (sulfide) groups is 1. The summed E-state index contributed by atoms with van der Waals surface area (Å²) in [5.74, 6) is -0.119. The molecule has 0 spiro atoms. The largest absolute Gasteiger partial charge is 0.300 e. The Labute approximate surface area is 153 Å². The van der Waals surface area contributed by atoms with Crippen molar-refractivity contribution in [1.29, 1.82) is 0 Å². The van der Waals surface area contributed by atoms with Gasteiger partial charge in [0.2, 0.25) is 0 Å². The lowest BCUT2D eigenvalue weighted by Gasteiger charge is -1.98. The van der Waals surface area contributed by atoms with Crippen LogP contribution in [0.5, 0.6) is 0 Å². The van der Waals surface area contributed by atoms with Crippen molar-refractivity contribution in [3.63, 3.8) is 0 Å². The van der Waals surface area contributed by atoms with Gasteiger partial charge in [-0.2, -0.15) is 0 Å². The van der Waals surface area contributed by atoms with Crippen LogP contribution in [0.25, 0.3) is 6.08 Å². The number of para-hydroxylation sites is 1. The number of nitrogens with one attached hydrogen (secondary N) is 1. The van der Waals surface area contributed by atoms with E-state index in [0.717, 1.165) is 21.3 Å². The summed E-state index contributed by atoms with van der Waals surface area (Å²) in [5, 5.41) is 3.40. The highest BCUT2D eigenvalue weighted by Crippen LogP contribution is 2.30. The average Bonchev–Trinajstić information content (AvgIpc) is 2.90. The summed E-state index contributed by atoms with van der Waals surface area (Å²) in [6, 6.07) is 17.7. The molecule has 0 unspecified atom stereocenters. The third-order valence-corrected chi connectivity index (χ3v) is 4.86. The van der Waals surface area contributed by atoms with Gasteiger partial charge in [-0.05, 0) is 64.0 Å². The molecule has 1 aliphatic heterocycles. The molecule has 0 aromatic heterocycles. The number of benzene rings is 2. The van der Waals surface area contributed by atoms with Gasteiger partial charge < -0.3 is 5.32 Å². The topological polar surface area (TPSA) is 41.5 Å². The van der Waals surface area contributed by atoms with Gasteiger partial charge >= 0.3 is 0 Å². The summed E-state index contributed by atoms with van der Waals surface area (Å²) in [6.07, 6.45) is 3.93. The zero-order valence-electron chi connectivity index (χ0n) is 13.0. The molecule has 0 bridgehead atoms. The van der Waals surface area contributed by atoms with E-state index < -0.39 is 0 Å². The van der Waals surface area contributed by atoms with Gasteiger partial charge in [0.25, 0.3) is 5.91 Å². The maximum absolute atomic E-state index is 12.1. The molecule has 24 heavy (non-hydrogen) atoms. The molecule has 3 rings (SSSR count). The first-order chi connectivity index (χ1) is 11.6. The molecule has 2 aromatic carbocycles. The molecule has 120 valence electrons. The van der Waals surface area contributed by atoms with Crippen LogP contribution in [0.15, 0.2) is 80.6 Å². The second kappa shape index (κ2) is 7.64. The molecule has 1 saturated heterocycles. The zero-order chi connectivity index (χ0) is 16.9. The Balaban J connectivity index is 1.80. The van der Waals surface area contributed by atoms with Crippen LogP contribution in [0.1, 0.15) is 12.5 Å². The monoisotopic (exact) mass is 398 g/mol. The second-order valence-electron chi connectivity index (χ2n) is 5.23. The summed E-state index contributed by atoms with van der Waals surface area (Å²) in [6.45, 7) is 1.98. The molecule has 3 nitrogen and oxygen atoms in total. The molecule has 1 amide bonds. The fraction of sp³-hybridized carbons (Fsp3) is 0.0526. The number of rotatable bonds is 3. The minimum Gasteiger partial charge on any atom is -0.300 e. The van der Waals surface area contributed by atoms with Crippen molar-refractivity contribution in [2.45, 2.75) is 6.92 Å². The van der Waals surface area contributed by atoms with E-state index >= 15 is 0 Å².